The fraction of sp³-hybridized carbons (Fsp3) is 0.607. The summed E-state index contributed by atoms with van der Waals surface area (Å²) in [5, 5.41) is 2.74. The molecule has 2 amide bonds. The van der Waals surface area contributed by atoms with Gasteiger partial charge < -0.3 is 29.2 Å². The summed E-state index contributed by atoms with van der Waals surface area (Å²) < 4.78 is 17.1. The second-order valence-corrected chi connectivity index (χ2v) is 12.2. The molecular weight excluding hydrogens is 483 g/mol. The normalized spacial score (nSPS) is 26.2. The standard InChI is InChI=1S/C28H39BN4O5/c1-16(2)22(32-26(35)36-7)25(34)33-20-13-10-18(14-20)23(33)24-30-15-21(31-24)17-8-11-19(12-9-17)29-37-27(3,4)28(5,6)38-29/h8-9,11-12,15-16,18,20,22-23H,10,13-14H2,1-7H3,(H,30,31)(H,32,35). The van der Waals surface area contributed by atoms with Crippen LogP contribution in [0, 0.1) is 11.8 Å². The van der Waals surface area contributed by atoms with Crippen molar-refractivity contribution in [2.24, 2.45) is 11.8 Å². The molecule has 10 heteroatoms. The number of nitrogens with zero attached hydrogens (tertiary/aromatic N) is 2. The first-order valence-corrected chi connectivity index (χ1v) is 13.6. The van der Waals surface area contributed by atoms with E-state index >= 15 is 0 Å². The van der Waals surface area contributed by atoms with E-state index in [1.807, 2.05) is 76.9 Å². The van der Waals surface area contributed by atoms with Gasteiger partial charge in [0.05, 0.1) is 36.2 Å². The number of amides is 2. The molecule has 2 aromatic rings. The van der Waals surface area contributed by atoms with E-state index in [1.165, 1.54) is 7.11 Å². The Balaban J connectivity index is 1.35. The van der Waals surface area contributed by atoms with Crippen LogP contribution in [0.2, 0.25) is 0 Å². The zero-order chi connectivity index (χ0) is 27.4. The quantitative estimate of drug-likeness (QED) is 0.559. The number of fused-ring (bicyclic) bond motifs is 2. The number of hydrogen-bond acceptors (Lipinski definition) is 6. The third-order valence-electron chi connectivity index (χ3n) is 8.85. The minimum Gasteiger partial charge on any atom is -0.453 e. The molecule has 5 rings (SSSR count). The molecule has 204 valence electrons. The summed E-state index contributed by atoms with van der Waals surface area (Å²) >= 11 is 0. The van der Waals surface area contributed by atoms with Gasteiger partial charge in [0.25, 0.3) is 0 Å². The van der Waals surface area contributed by atoms with Crippen LogP contribution < -0.4 is 10.8 Å². The molecule has 2 saturated heterocycles. The summed E-state index contributed by atoms with van der Waals surface area (Å²) in [5.41, 5.74) is 2.08. The number of rotatable bonds is 6. The fourth-order valence-corrected chi connectivity index (χ4v) is 5.95. The summed E-state index contributed by atoms with van der Waals surface area (Å²) in [6.45, 7) is 12.1. The topological polar surface area (TPSA) is 106 Å². The lowest BCUT2D eigenvalue weighted by molar-refractivity contribution is -0.139. The number of ether oxygens (including phenoxy) is 1. The number of H-pyrrole nitrogens is 1. The Morgan fingerprint density at radius 1 is 1.13 bits per heavy atom. The maximum Gasteiger partial charge on any atom is 0.494 e. The molecule has 1 aromatic heterocycles. The van der Waals surface area contributed by atoms with E-state index in [2.05, 4.69) is 10.3 Å². The number of nitrogens with one attached hydrogen (secondary N) is 2. The highest BCUT2D eigenvalue weighted by atomic mass is 16.7. The number of aromatic amines is 1. The minimum absolute atomic E-state index is 0.0731. The van der Waals surface area contributed by atoms with Crippen molar-refractivity contribution in [3.8, 4) is 11.3 Å². The van der Waals surface area contributed by atoms with Crippen molar-refractivity contribution in [1.82, 2.24) is 20.2 Å². The molecule has 0 radical (unpaired) electrons. The lowest BCUT2D eigenvalue weighted by Crippen LogP contribution is -2.54. The van der Waals surface area contributed by atoms with Crippen LogP contribution in [0.4, 0.5) is 4.79 Å². The average molecular weight is 522 g/mol. The first kappa shape index (κ1) is 26.7. The number of piperidine rings is 1. The number of alkyl carbamates (subject to hydrolysis) is 1. The molecule has 2 bridgehead atoms. The zero-order valence-corrected chi connectivity index (χ0v) is 23.4. The summed E-state index contributed by atoms with van der Waals surface area (Å²) in [4.78, 5) is 35.9. The van der Waals surface area contributed by atoms with Crippen molar-refractivity contribution in [2.75, 3.05) is 7.11 Å². The van der Waals surface area contributed by atoms with Crippen molar-refractivity contribution < 1.29 is 23.6 Å². The molecule has 3 aliphatic rings. The van der Waals surface area contributed by atoms with E-state index < -0.39 is 19.3 Å². The zero-order valence-electron chi connectivity index (χ0n) is 23.4. The largest absolute Gasteiger partial charge is 0.494 e. The highest BCUT2D eigenvalue weighted by Gasteiger charge is 2.52. The Hall–Kier alpha value is -2.85. The van der Waals surface area contributed by atoms with Gasteiger partial charge >= 0.3 is 13.2 Å². The Labute approximate surface area is 225 Å². The molecule has 3 fully saturated rings. The summed E-state index contributed by atoms with van der Waals surface area (Å²) in [7, 11) is 0.900. The van der Waals surface area contributed by atoms with E-state index in [1.54, 1.807) is 0 Å². The van der Waals surface area contributed by atoms with Crippen LogP contribution in [0.1, 0.15) is 72.7 Å². The molecular formula is C28H39BN4O5. The number of carbonyl (C=O) groups excluding carboxylic acids is 2. The van der Waals surface area contributed by atoms with Gasteiger partial charge in [-0.3, -0.25) is 4.79 Å². The van der Waals surface area contributed by atoms with Gasteiger partial charge in [0, 0.05) is 6.04 Å². The lowest BCUT2D eigenvalue weighted by atomic mass is 9.79. The first-order chi connectivity index (χ1) is 17.9. The second-order valence-electron chi connectivity index (χ2n) is 12.2. The Bertz CT molecular complexity index is 1180. The molecule has 4 unspecified atom stereocenters. The van der Waals surface area contributed by atoms with Gasteiger partial charge in [-0.15, -0.1) is 0 Å². The van der Waals surface area contributed by atoms with Gasteiger partial charge in [-0.1, -0.05) is 38.1 Å². The van der Waals surface area contributed by atoms with Crippen molar-refractivity contribution in [2.45, 2.75) is 90.1 Å². The smallest absolute Gasteiger partial charge is 0.453 e. The third kappa shape index (κ3) is 4.62. The Kier molecular flexibility index (Phi) is 6.84. The van der Waals surface area contributed by atoms with Gasteiger partial charge in [0.2, 0.25) is 5.91 Å². The van der Waals surface area contributed by atoms with Gasteiger partial charge in [0.1, 0.15) is 11.9 Å². The molecule has 4 atom stereocenters. The maximum atomic E-state index is 13.7. The number of hydrogen-bond donors (Lipinski definition) is 2. The second kappa shape index (κ2) is 9.72. The summed E-state index contributed by atoms with van der Waals surface area (Å²) in [6.07, 6.45) is 4.24. The van der Waals surface area contributed by atoms with Crippen molar-refractivity contribution in [1.29, 1.82) is 0 Å². The highest BCUT2D eigenvalue weighted by molar-refractivity contribution is 6.62. The van der Waals surface area contributed by atoms with Gasteiger partial charge in [0.15, 0.2) is 0 Å². The summed E-state index contributed by atoms with van der Waals surface area (Å²) in [6, 6.07) is 7.49. The van der Waals surface area contributed by atoms with Gasteiger partial charge in [-0.05, 0) is 69.8 Å². The molecule has 1 saturated carbocycles. The van der Waals surface area contributed by atoms with E-state index in [-0.39, 0.29) is 35.1 Å². The van der Waals surface area contributed by atoms with Gasteiger partial charge in [-0.25, -0.2) is 9.78 Å². The van der Waals surface area contributed by atoms with Crippen LogP contribution in [0.3, 0.4) is 0 Å². The average Bonchev–Trinajstić information content (AvgIpc) is 3.65. The Morgan fingerprint density at radius 2 is 1.79 bits per heavy atom. The van der Waals surface area contributed by atoms with Gasteiger partial charge in [-0.2, -0.15) is 0 Å². The Morgan fingerprint density at radius 3 is 2.39 bits per heavy atom. The predicted octanol–water partition coefficient (Wildman–Crippen LogP) is 3.81. The predicted molar refractivity (Wildman–Crippen MR) is 145 cm³/mol. The number of likely N-dealkylation sites (tertiary alicyclic amines) is 1. The molecule has 1 aromatic carbocycles. The van der Waals surface area contributed by atoms with E-state index in [0.717, 1.165) is 41.8 Å². The van der Waals surface area contributed by atoms with Crippen LogP contribution in [0.15, 0.2) is 30.5 Å². The minimum atomic E-state index is -0.652. The molecule has 38 heavy (non-hydrogen) atoms. The molecule has 1 aliphatic carbocycles. The lowest BCUT2D eigenvalue weighted by Gasteiger charge is -2.37. The molecule has 9 nitrogen and oxygen atoms in total. The highest BCUT2D eigenvalue weighted by Crippen LogP contribution is 2.50. The molecule has 0 spiro atoms. The SMILES string of the molecule is COC(=O)NC(C(=O)N1C2CCC(C2)C1c1ncc(-c2ccc(B3OC(C)(C)C(C)(C)O3)cc2)[nH]1)C(C)C. The monoisotopic (exact) mass is 522 g/mol. The molecule has 2 N–H and O–H groups in total. The summed E-state index contributed by atoms with van der Waals surface area (Å²) in [5.74, 6) is 0.985. The van der Waals surface area contributed by atoms with E-state index in [9.17, 15) is 9.59 Å². The van der Waals surface area contributed by atoms with Crippen LogP contribution in [-0.2, 0) is 18.8 Å². The first-order valence-electron chi connectivity index (χ1n) is 13.6. The fourth-order valence-electron chi connectivity index (χ4n) is 5.95. The maximum absolute atomic E-state index is 13.7. The van der Waals surface area contributed by atoms with Crippen molar-refractivity contribution in [3.05, 3.63) is 36.3 Å². The number of imidazole rings is 1. The number of benzene rings is 1. The van der Waals surface area contributed by atoms with Crippen LogP contribution in [0.25, 0.3) is 11.3 Å². The molecule has 3 heterocycles. The number of aromatic nitrogens is 2. The number of carbonyl (C=O) groups is 2. The van der Waals surface area contributed by atoms with Crippen LogP contribution in [0.5, 0.6) is 0 Å². The van der Waals surface area contributed by atoms with E-state index in [4.69, 9.17) is 19.0 Å². The number of methoxy groups -OCH3 is 1. The van der Waals surface area contributed by atoms with E-state index in [0.29, 0.717) is 5.92 Å². The van der Waals surface area contributed by atoms with Crippen LogP contribution >= 0.6 is 0 Å². The van der Waals surface area contributed by atoms with Crippen molar-refractivity contribution >= 4 is 24.6 Å². The van der Waals surface area contributed by atoms with Crippen molar-refractivity contribution in [3.63, 3.8) is 0 Å². The van der Waals surface area contributed by atoms with Crippen LogP contribution in [-0.4, -0.2) is 64.4 Å². The molecule has 2 aliphatic heterocycles. The third-order valence-corrected chi connectivity index (χ3v) is 8.85.